The fourth-order valence-corrected chi connectivity index (χ4v) is 2.01. The van der Waals surface area contributed by atoms with Crippen molar-refractivity contribution in [2.75, 3.05) is 11.9 Å². The summed E-state index contributed by atoms with van der Waals surface area (Å²) < 4.78 is 0. The first-order chi connectivity index (χ1) is 8.58. The number of primary amides is 1. The van der Waals surface area contributed by atoms with Crippen LogP contribution in [-0.4, -0.2) is 18.5 Å². The largest absolute Gasteiger partial charge is 0.381 e. The van der Waals surface area contributed by atoms with Gasteiger partial charge in [-0.25, -0.2) is 0 Å². The second kappa shape index (κ2) is 7.24. The third kappa shape index (κ3) is 4.20. The van der Waals surface area contributed by atoms with Crippen LogP contribution < -0.4 is 16.8 Å². The van der Waals surface area contributed by atoms with Crippen LogP contribution in [0.15, 0.2) is 18.2 Å². The van der Waals surface area contributed by atoms with Crippen molar-refractivity contribution in [1.82, 2.24) is 0 Å². The molecular weight excluding hydrogens is 250 g/mol. The topological polar surface area (TPSA) is 81.1 Å². The molecule has 1 amide bonds. The van der Waals surface area contributed by atoms with Crippen LogP contribution in [0.1, 0.15) is 36.5 Å². The number of hydrogen-bond acceptors (Lipinski definition) is 3. The molecule has 4 nitrogen and oxygen atoms in total. The van der Waals surface area contributed by atoms with Gasteiger partial charge in [0.1, 0.15) is 0 Å². The smallest absolute Gasteiger partial charge is 0.250 e. The van der Waals surface area contributed by atoms with Gasteiger partial charge in [-0.2, -0.15) is 0 Å². The van der Waals surface area contributed by atoms with Crippen molar-refractivity contribution >= 4 is 23.2 Å². The van der Waals surface area contributed by atoms with Gasteiger partial charge in [0.05, 0.1) is 10.6 Å². The minimum absolute atomic E-state index is 0.223. The molecule has 0 aliphatic rings. The first-order valence-electron chi connectivity index (χ1n) is 6.14. The molecule has 1 aromatic carbocycles. The first-order valence-corrected chi connectivity index (χ1v) is 6.52. The van der Waals surface area contributed by atoms with Gasteiger partial charge in [0.2, 0.25) is 5.91 Å². The average Bonchev–Trinajstić information content (AvgIpc) is 2.34. The van der Waals surface area contributed by atoms with E-state index < -0.39 is 5.91 Å². The van der Waals surface area contributed by atoms with Gasteiger partial charge in [-0.1, -0.05) is 31.4 Å². The van der Waals surface area contributed by atoms with E-state index >= 15 is 0 Å². The summed E-state index contributed by atoms with van der Waals surface area (Å²) in [5.41, 5.74) is 12.1. The minimum atomic E-state index is -0.520. The number of rotatable bonds is 7. The number of carbonyl (C=O) groups is 1. The van der Waals surface area contributed by atoms with Crippen molar-refractivity contribution in [3.63, 3.8) is 0 Å². The van der Waals surface area contributed by atoms with E-state index in [-0.39, 0.29) is 6.04 Å². The van der Waals surface area contributed by atoms with E-state index in [4.69, 9.17) is 23.1 Å². The van der Waals surface area contributed by atoms with Crippen molar-refractivity contribution in [2.45, 2.75) is 32.2 Å². The molecule has 0 saturated carbocycles. The predicted octanol–water partition coefficient (Wildman–Crippen LogP) is 2.37. The Morgan fingerprint density at radius 2 is 2.22 bits per heavy atom. The predicted molar refractivity (Wildman–Crippen MR) is 76.0 cm³/mol. The highest BCUT2D eigenvalue weighted by molar-refractivity contribution is 6.34. The lowest BCUT2D eigenvalue weighted by Gasteiger charge is -2.18. The molecule has 0 saturated heterocycles. The van der Waals surface area contributed by atoms with Gasteiger partial charge in [-0.3, -0.25) is 4.79 Å². The van der Waals surface area contributed by atoms with E-state index in [2.05, 4.69) is 12.2 Å². The lowest BCUT2D eigenvalue weighted by atomic mass is 10.1. The number of nitrogens with one attached hydrogen (secondary N) is 1. The summed E-state index contributed by atoms with van der Waals surface area (Å²) in [5, 5.41) is 3.67. The van der Waals surface area contributed by atoms with Crippen LogP contribution >= 0.6 is 11.6 Å². The second-order valence-electron chi connectivity index (χ2n) is 4.28. The highest BCUT2D eigenvalue weighted by Gasteiger charge is 2.09. The molecule has 0 heterocycles. The van der Waals surface area contributed by atoms with E-state index in [1.807, 2.05) is 0 Å². The zero-order valence-electron chi connectivity index (χ0n) is 10.6. The Bertz CT molecular complexity index is 409. The quantitative estimate of drug-likeness (QED) is 0.711. The van der Waals surface area contributed by atoms with Crippen LogP contribution in [0, 0.1) is 0 Å². The van der Waals surface area contributed by atoms with E-state index in [0.717, 1.165) is 24.9 Å². The van der Waals surface area contributed by atoms with Crippen LogP contribution in [-0.2, 0) is 0 Å². The molecule has 1 atom stereocenters. The molecule has 1 aromatic rings. The number of unbranched alkanes of at least 4 members (excludes halogenated alkanes) is 1. The van der Waals surface area contributed by atoms with Crippen molar-refractivity contribution in [3.8, 4) is 0 Å². The van der Waals surface area contributed by atoms with Gasteiger partial charge in [-0.15, -0.1) is 0 Å². The lowest BCUT2D eigenvalue weighted by Crippen LogP contribution is -2.28. The third-order valence-electron chi connectivity index (χ3n) is 2.80. The fraction of sp³-hybridized carbons (Fsp3) is 0.462. The molecule has 1 rings (SSSR count). The van der Waals surface area contributed by atoms with Crippen LogP contribution in [0.2, 0.25) is 5.02 Å². The summed E-state index contributed by atoms with van der Waals surface area (Å²) in [4.78, 5) is 11.1. The maximum atomic E-state index is 11.1. The Morgan fingerprint density at radius 1 is 1.50 bits per heavy atom. The molecule has 0 bridgehead atoms. The number of benzene rings is 1. The molecule has 0 aliphatic heterocycles. The van der Waals surface area contributed by atoms with Crippen molar-refractivity contribution in [3.05, 3.63) is 28.8 Å². The molecule has 0 aromatic heterocycles. The Morgan fingerprint density at radius 3 is 2.72 bits per heavy atom. The zero-order valence-corrected chi connectivity index (χ0v) is 11.3. The maximum Gasteiger partial charge on any atom is 0.250 e. The highest BCUT2D eigenvalue weighted by Crippen LogP contribution is 2.21. The Hall–Kier alpha value is -1.26. The van der Waals surface area contributed by atoms with Gasteiger partial charge in [0.25, 0.3) is 0 Å². The van der Waals surface area contributed by atoms with Crippen LogP contribution in [0.4, 0.5) is 5.69 Å². The number of nitrogens with two attached hydrogens (primary N) is 2. The van der Waals surface area contributed by atoms with Gasteiger partial charge >= 0.3 is 0 Å². The summed E-state index contributed by atoms with van der Waals surface area (Å²) in [6, 6.07) is 5.34. The van der Waals surface area contributed by atoms with E-state index in [0.29, 0.717) is 17.1 Å². The number of hydrogen-bond donors (Lipinski definition) is 3. The van der Waals surface area contributed by atoms with E-state index in [1.54, 1.807) is 18.2 Å². The number of carbonyl (C=O) groups excluding carboxylic acids is 1. The summed E-state index contributed by atoms with van der Waals surface area (Å²) >= 11 is 5.98. The molecule has 0 radical (unpaired) electrons. The highest BCUT2D eigenvalue weighted by atomic mass is 35.5. The van der Waals surface area contributed by atoms with Gasteiger partial charge in [0, 0.05) is 18.3 Å². The van der Waals surface area contributed by atoms with Gasteiger partial charge in [-0.05, 0) is 24.6 Å². The van der Waals surface area contributed by atoms with Gasteiger partial charge < -0.3 is 16.8 Å². The van der Waals surface area contributed by atoms with E-state index in [9.17, 15) is 4.79 Å². The van der Waals surface area contributed by atoms with Crippen molar-refractivity contribution < 1.29 is 4.79 Å². The van der Waals surface area contributed by atoms with Crippen LogP contribution in [0.5, 0.6) is 0 Å². The number of amides is 1. The van der Waals surface area contributed by atoms with Crippen molar-refractivity contribution in [1.29, 1.82) is 0 Å². The number of anilines is 1. The SMILES string of the molecule is CCCCC(CN)Nc1ccc(C(N)=O)c(Cl)c1. The lowest BCUT2D eigenvalue weighted by molar-refractivity contribution is 0.100. The first kappa shape index (κ1) is 14.8. The second-order valence-corrected chi connectivity index (χ2v) is 4.69. The van der Waals surface area contributed by atoms with Gasteiger partial charge in [0.15, 0.2) is 0 Å². The molecule has 0 fully saturated rings. The van der Waals surface area contributed by atoms with Crippen LogP contribution in [0.25, 0.3) is 0 Å². The molecule has 5 heteroatoms. The molecule has 100 valence electrons. The Labute approximate surface area is 113 Å². The maximum absolute atomic E-state index is 11.1. The molecular formula is C13H20ClN3O. The molecule has 18 heavy (non-hydrogen) atoms. The Balaban J connectivity index is 2.72. The standard InChI is InChI=1S/C13H20ClN3O/c1-2-3-4-10(8-15)17-9-5-6-11(13(16)18)12(14)7-9/h5-7,10,17H,2-4,8,15H2,1H3,(H2,16,18). The average molecular weight is 270 g/mol. The third-order valence-corrected chi connectivity index (χ3v) is 3.11. The van der Waals surface area contributed by atoms with Crippen molar-refractivity contribution in [2.24, 2.45) is 11.5 Å². The Kier molecular flexibility index (Phi) is 5.95. The summed E-state index contributed by atoms with van der Waals surface area (Å²) in [6.07, 6.45) is 3.28. The summed E-state index contributed by atoms with van der Waals surface area (Å²) in [5.74, 6) is -0.520. The fourth-order valence-electron chi connectivity index (χ4n) is 1.74. The normalized spacial score (nSPS) is 12.2. The number of halogens is 1. The molecule has 5 N–H and O–H groups in total. The molecule has 0 spiro atoms. The summed E-state index contributed by atoms with van der Waals surface area (Å²) in [7, 11) is 0. The molecule has 0 aliphatic carbocycles. The molecule has 1 unspecified atom stereocenters. The van der Waals surface area contributed by atoms with E-state index in [1.165, 1.54) is 0 Å². The monoisotopic (exact) mass is 269 g/mol. The van der Waals surface area contributed by atoms with Crippen LogP contribution in [0.3, 0.4) is 0 Å². The minimum Gasteiger partial charge on any atom is -0.381 e. The summed E-state index contributed by atoms with van der Waals surface area (Å²) in [6.45, 7) is 2.71. The zero-order chi connectivity index (χ0) is 13.5.